The number of oxime groups is 1. The van der Waals surface area contributed by atoms with E-state index in [4.69, 9.17) is 4.84 Å². The van der Waals surface area contributed by atoms with Crippen molar-refractivity contribution in [2.75, 3.05) is 0 Å². The molecule has 1 aliphatic rings. The summed E-state index contributed by atoms with van der Waals surface area (Å²) in [5.74, 6) is -0.251. The summed E-state index contributed by atoms with van der Waals surface area (Å²) in [5.41, 5.74) is 0.748. The second kappa shape index (κ2) is 4.56. The van der Waals surface area contributed by atoms with E-state index in [2.05, 4.69) is 25.8 Å². The van der Waals surface area contributed by atoms with Gasteiger partial charge in [0, 0.05) is 6.42 Å². The molecule has 0 N–H and O–H groups in total. The van der Waals surface area contributed by atoms with E-state index in [-0.39, 0.29) is 11.9 Å². The number of rotatable bonds is 2. The summed E-state index contributed by atoms with van der Waals surface area (Å²) in [6, 6.07) is 5.54. The van der Waals surface area contributed by atoms with Gasteiger partial charge in [-0.15, -0.1) is 13.2 Å². The topological polar surface area (TPSA) is 30.8 Å². The van der Waals surface area contributed by atoms with Crippen LogP contribution in [0.5, 0.6) is 5.75 Å². The van der Waals surface area contributed by atoms with Crippen LogP contribution in [0.25, 0.3) is 0 Å². The summed E-state index contributed by atoms with van der Waals surface area (Å²) < 4.78 is 40.2. The quantitative estimate of drug-likeness (QED) is 0.833. The molecule has 1 aliphatic heterocycles. The van der Waals surface area contributed by atoms with Crippen molar-refractivity contribution in [3.8, 4) is 5.75 Å². The van der Waals surface area contributed by atoms with Crippen LogP contribution in [0.3, 0.4) is 0 Å². The van der Waals surface area contributed by atoms with E-state index in [0.29, 0.717) is 11.0 Å². The fourth-order valence-corrected chi connectivity index (χ4v) is 1.79. The van der Waals surface area contributed by atoms with E-state index in [0.717, 1.165) is 5.56 Å². The number of ether oxygens (including phenoxy) is 1. The molecule has 0 saturated carbocycles. The third kappa shape index (κ3) is 3.36. The van der Waals surface area contributed by atoms with Gasteiger partial charge in [-0.05, 0) is 33.6 Å². The highest BCUT2D eigenvalue weighted by Gasteiger charge is 2.31. The molecule has 7 heteroatoms. The minimum absolute atomic E-state index is 0.251. The molecule has 0 radical (unpaired) electrons. The molecule has 17 heavy (non-hydrogen) atoms. The van der Waals surface area contributed by atoms with Gasteiger partial charge < -0.3 is 9.57 Å². The van der Waals surface area contributed by atoms with Crippen LogP contribution in [0.1, 0.15) is 18.1 Å². The lowest BCUT2D eigenvalue weighted by molar-refractivity contribution is -0.274. The van der Waals surface area contributed by atoms with E-state index in [1.54, 1.807) is 0 Å². The predicted octanol–water partition coefficient (Wildman–Crippen LogP) is 3.76. The Hall–Kier alpha value is -1.24. The van der Waals surface area contributed by atoms with Crippen molar-refractivity contribution in [3.05, 3.63) is 29.8 Å². The van der Waals surface area contributed by atoms with Crippen LogP contribution in [-0.4, -0.2) is 11.0 Å². The minimum atomic E-state index is -4.67. The summed E-state index contributed by atoms with van der Waals surface area (Å²) in [4.78, 5) is 5.07. The average molecular weight is 310 g/mol. The second-order valence-corrected chi connectivity index (χ2v) is 4.30. The SMILES string of the molecule is FC(F)(F)Oc1ccc([C@H]2CC(Br)=NO2)cc1. The van der Waals surface area contributed by atoms with E-state index in [1.807, 2.05) is 0 Å². The van der Waals surface area contributed by atoms with Crippen molar-refractivity contribution in [3.63, 3.8) is 0 Å². The Labute approximate surface area is 103 Å². The molecule has 0 unspecified atom stereocenters. The summed E-state index contributed by atoms with van der Waals surface area (Å²) in [5, 5.41) is 3.70. The van der Waals surface area contributed by atoms with E-state index in [9.17, 15) is 13.2 Å². The third-order valence-corrected chi connectivity index (χ3v) is 2.59. The van der Waals surface area contributed by atoms with Gasteiger partial charge >= 0.3 is 6.36 Å². The number of nitrogens with zero attached hydrogens (tertiary/aromatic N) is 1. The minimum Gasteiger partial charge on any atom is -0.406 e. The maximum Gasteiger partial charge on any atom is 0.573 e. The first kappa shape index (κ1) is 12.2. The molecule has 1 atom stereocenters. The van der Waals surface area contributed by atoms with Gasteiger partial charge in [0.15, 0.2) is 6.10 Å². The summed E-state index contributed by atoms with van der Waals surface area (Å²) in [6.07, 6.45) is -4.36. The lowest BCUT2D eigenvalue weighted by Crippen LogP contribution is -2.17. The number of hydrogen-bond donors (Lipinski definition) is 0. The Kier molecular flexibility index (Phi) is 3.28. The number of hydrogen-bond acceptors (Lipinski definition) is 3. The summed E-state index contributed by atoms with van der Waals surface area (Å²) in [7, 11) is 0. The van der Waals surface area contributed by atoms with Gasteiger partial charge in [-0.3, -0.25) is 0 Å². The van der Waals surface area contributed by atoms with E-state index < -0.39 is 6.36 Å². The lowest BCUT2D eigenvalue weighted by Gasteiger charge is -2.11. The average Bonchev–Trinajstić information content (AvgIpc) is 2.63. The van der Waals surface area contributed by atoms with Crippen LogP contribution < -0.4 is 4.74 Å². The summed E-state index contributed by atoms with van der Waals surface area (Å²) >= 11 is 3.18. The molecule has 2 rings (SSSR count). The molecule has 92 valence electrons. The van der Waals surface area contributed by atoms with Gasteiger partial charge in [0.25, 0.3) is 0 Å². The number of alkyl halides is 3. The predicted molar refractivity (Wildman–Crippen MR) is 57.9 cm³/mol. The van der Waals surface area contributed by atoms with Crippen molar-refractivity contribution in [1.82, 2.24) is 0 Å². The van der Waals surface area contributed by atoms with Gasteiger partial charge in [-0.2, -0.15) is 0 Å². The molecule has 0 fully saturated rings. The molecule has 0 spiro atoms. The Balaban J connectivity index is 2.04. The molecule has 0 saturated heterocycles. The van der Waals surface area contributed by atoms with Crippen molar-refractivity contribution >= 4 is 20.6 Å². The molecule has 0 aliphatic carbocycles. The lowest BCUT2D eigenvalue weighted by atomic mass is 10.1. The van der Waals surface area contributed by atoms with Crippen molar-refractivity contribution in [2.24, 2.45) is 5.16 Å². The standard InChI is InChI=1S/C10H7BrF3NO2/c11-9-5-8(17-15-9)6-1-3-7(4-2-6)16-10(12,13)14/h1-4,8H,5H2/t8-/m1/s1. The van der Waals surface area contributed by atoms with Crippen molar-refractivity contribution in [2.45, 2.75) is 18.9 Å². The molecular formula is C10H7BrF3NO2. The van der Waals surface area contributed by atoms with Crippen LogP contribution in [0.4, 0.5) is 13.2 Å². The summed E-state index contributed by atoms with van der Waals surface area (Å²) in [6.45, 7) is 0. The normalized spacial score (nSPS) is 19.8. The largest absolute Gasteiger partial charge is 0.573 e. The molecule has 0 amide bonds. The van der Waals surface area contributed by atoms with Crippen LogP contribution in [0.15, 0.2) is 29.4 Å². The van der Waals surface area contributed by atoms with Crippen LogP contribution >= 0.6 is 15.9 Å². The fourth-order valence-electron chi connectivity index (χ4n) is 1.41. The van der Waals surface area contributed by atoms with E-state index in [1.165, 1.54) is 24.3 Å². The van der Waals surface area contributed by atoms with Gasteiger partial charge in [-0.1, -0.05) is 17.3 Å². The number of halogens is 4. The molecule has 3 nitrogen and oxygen atoms in total. The third-order valence-electron chi connectivity index (χ3n) is 2.12. The van der Waals surface area contributed by atoms with Gasteiger partial charge in [0.2, 0.25) is 0 Å². The van der Waals surface area contributed by atoms with Gasteiger partial charge in [0.1, 0.15) is 10.4 Å². The maximum atomic E-state index is 11.9. The van der Waals surface area contributed by atoms with Crippen molar-refractivity contribution < 1.29 is 22.7 Å². The zero-order valence-corrected chi connectivity index (χ0v) is 9.96. The highest BCUT2D eigenvalue weighted by Crippen LogP contribution is 2.31. The zero-order chi connectivity index (χ0) is 12.5. The number of benzene rings is 1. The monoisotopic (exact) mass is 309 g/mol. The molecule has 0 bridgehead atoms. The molecular weight excluding hydrogens is 303 g/mol. The highest BCUT2D eigenvalue weighted by molar-refractivity contribution is 9.18. The van der Waals surface area contributed by atoms with Crippen LogP contribution in [-0.2, 0) is 4.84 Å². The van der Waals surface area contributed by atoms with Gasteiger partial charge in [-0.25, -0.2) is 0 Å². The zero-order valence-electron chi connectivity index (χ0n) is 8.37. The Bertz CT molecular complexity index is 430. The smallest absolute Gasteiger partial charge is 0.406 e. The Morgan fingerprint density at radius 1 is 1.29 bits per heavy atom. The molecule has 1 aromatic rings. The van der Waals surface area contributed by atoms with Crippen LogP contribution in [0.2, 0.25) is 0 Å². The first-order chi connectivity index (χ1) is 7.94. The Morgan fingerprint density at radius 2 is 1.94 bits per heavy atom. The highest BCUT2D eigenvalue weighted by atomic mass is 79.9. The fraction of sp³-hybridized carbons (Fsp3) is 0.300. The first-order valence-electron chi connectivity index (χ1n) is 4.68. The van der Waals surface area contributed by atoms with E-state index >= 15 is 0 Å². The molecule has 1 heterocycles. The second-order valence-electron chi connectivity index (χ2n) is 3.38. The van der Waals surface area contributed by atoms with Gasteiger partial charge in [0.05, 0.1) is 0 Å². The molecule has 1 aromatic carbocycles. The molecule has 0 aromatic heterocycles. The Morgan fingerprint density at radius 3 is 2.41 bits per heavy atom. The maximum absolute atomic E-state index is 11.9. The van der Waals surface area contributed by atoms with Crippen LogP contribution in [0, 0.1) is 0 Å². The van der Waals surface area contributed by atoms with Crippen molar-refractivity contribution in [1.29, 1.82) is 0 Å². The first-order valence-corrected chi connectivity index (χ1v) is 5.47.